The molecule has 3 aromatic carbocycles. The lowest BCUT2D eigenvalue weighted by molar-refractivity contribution is -0.179. The Morgan fingerprint density at radius 2 is 1.49 bits per heavy atom. The highest BCUT2D eigenvalue weighted by Crippen LogP contribution is 2.45. The van der Waals surface area contributed by atoms with Crippen LogP contribution in [0.2, 0.25) is 5.02 Å². The SMILES string of the molecule is CC1(OC(=O)c2ccc(Cl)cc2)C2COCC1CN(C(=O)OCC1c3ccccc3-c3ccccc31)C2. The molecule has 2 fully saturated rings. The van der Waals surface area contributed by atoms with Crippen LogP contribution in [0, 0.1) is 11.8 Å². The van der Waals surface area contributed by atoms with E-state index in [9.17, 15) is 9.59 Å². The minimum absolute atomic E-state index is 0.00886. The summed E-state index contributed by atoms with van der Waals surface area (Å²) in [6.07, 6.45) is -0.343. The van der Waals surface area contributed by atoms with Gasteiger partial charge in [0.15, 0.2) is 0 Å². The number of nitrogens with zero attached hydrogens (tertiary/aromatic N) is 1. The van der Waals surface area contributed by atoms with Crippen molar-refractivity contribution in [3.63, 3.8) is 0 Å². The highest BCUT2D eigenvalue weighted by atomic mass is 35.5. The summed E-state index contributed by atoms with van der Waals surface area (Å²) in [6.45, 7) is 3.85. The molecule has 0 N–H and O–H groups in total. The molecule has 0 spiro atoms. The first-order chi connectivity index (χ1) is 17.9. The normalized spacial score (nSPS) is 24.2. The van der Waals surface area contributed by atoms with Crippen molar-refractivity contribution in [1.29, 1.82) is 0 Å². The smallest absolute Gasteiger partial charge is 0.409 e. The molecule has 37 heavy (non-hydrogen) atoms. The quantitative estimate of drug-likeness (QED) is 0.410. The van der Waals surface area contributed by atoms with E-state index in [1.165, 1.54) is 22.3 Å². The first-order valence-corrected chi connectivity index (χ1v) is 13.0. The Balaban J connectivity index is 1.14. The van der Waals surface area contributed by atoms with Crippen molar-refractivity contribution in [2.24, 2.45) is 11.8 Å². The van der Waals surface area contributed by atoms with Gasteiger partial charge in [-0.05, 0) is 53.4 Å². The molecule has 2 bridgehead atoms. The zero-order valence-electron chi connectivity index (χ0n) is 20.6. The van der Waals surface area contributed by atoms with Gasteiger partial charge in [-0.1, -0.05) is 60.1 Å². The Morgan fingerprint density at radius 1 is 0.919 bits per heavy atom. The van der Waals surface area contributed by atoms with Crippen molar-refractivity contribution in [2.45, 2.75) is 18.4 Å². The molecule has 190 valence electrons. The number of benzene rings is 3. The second kappa shape index (κ2) is 9.51. The fourth-order valence-electron chi connectivity index (χ4n) is 5.94. The lowest BCUT2D eigenvalue weighted by Crippen LogP contribution is -2.64. The van der Waals surface area contributed by atoms with E-state index in [4.69, 9.17) is 25.8 Å². The highest BCUT2D eigenvalue weighted by molar-refractivity contribution is 6.30. The van der Waals surface area contributed by atoms with E-state index in [1.54, 1.807) is 29.2 Å². The van der Waals surface area contributed by atoms with E-state index < -0.39 is 11.6 Å². The summed E-state index contributed by atoms with van der Waals surface area (Å²) < 4.78 is 17.8. The largest absolute Gasteiger partial charge is 0.455 e. The number of rotatable bonds is 4. The number of hydrogen-bond donors (Lipinski definition) is 0. The van der Waals surface area contributed by atoms with Crippen LogP contribution in [0.4, 0.5) is 4.79 Å². The van der Waals surface area contributed by atoms with Crippen molar-refractivity contribution < 1.29 is 23.8 Å². The van der Waals surface area contributed by atoms with E-state index in [2.05, 4.69) is 24.3 Å². The van der Waals surface area contributed by atoms with Gasteiger partial charge >= 0.3 is 12.1 Å². The molecule has 2 heterocycles. The van der Waals surface area contributed by atoms with Gasteiger partial charge in [0.1, 0.15) is 12.2 Å². The molecule has 0 radical (unpaired) electrons. The third-order valence-electron chi connectivity index (χ3n) is 8.13. The van der Waals surface area contributed by atoms with Gasteiger partial charge in [0.05, 0.1) is 18.8 Å². The Morgan fingerprint density at radius 3 is 2.08 bits per heavy atom. The van der Waals surface area contributed by atoms with Crippen molar-refractivity contribution in [1.82, 2.24) is 4.90 Å². The molecule has 2 unspecified atom stereocenters. The van der Waals surface area contributed by atoms with Gasteiger partial charge in [-0.2, -0.15) is 0 Å². The van der Waals surface area contributed by atoms with Crippen LogP contribution in [0.3, 0.4) is 0 Å². The zero-order valence-corrected chi connectivity index (χ0v) is 21.3. The number of esters is 1. The Kier molecular flexibility index (Phi) is 6.17. The van der Waals surface area contributed by atoms with Crippen LogP contribution in [0.25, 0.3) is 11.1 Å². The van der Waals surface area contributed by atoms with E-state index in [-0.39, 0.29) is 30.5 Å². The van der Waals surface area contributed by atoms with Gasteiger partial charge in [0, 0.05) is 35.9 Å². The lowest BCUT2D eigenvalue weighted by Gasteiger charge is -2.52. The minimum atomic E-state index is -0.741. The summed E-state index contributed by atoms with van der Waals surface area (Å²) in [7, 11) is 0. The number of fused-ring (bicyclic) bond motifs is 5. The molecule has 1 aliphatic carbocycles. The van der Waals surface area contributed by atoms with E-state index in [0.717, 1.165) is 0 Å². The molecule has 7 heteroatoms. The van der Waals surface area contributed by atoms with Crippen LogP contribution >= 0.6 is 11.6 Å². The summed E-state index contributed by atoms with van der Waals surface area (Å²) in [5, 5.41) is 0.560. The molecule has 2 atom stereocenters. The number of likely N-dealkylation sites (tertiary alicyclic amines) is 1. The standard InChI is InChI=1S/C30H28ClNO5/c1-30(37-28(33)19-10-12-22(31)13-11-19)20-14-32(15-21(30)17-35-16-20)29(34)36-18-27-25-8-4-2-6-23(25)24-7-3-5-9-26(24)27/h2-13,20-21,27H,14-18H2,1H3. The third kappa shape index (κ3) is 4.28. The maximum atomic E-state index is 13.2. The Bertz CT molecular complexity index is 1280. The molecule has 3 aliphatic rings. The predicted octanol–water partition coefficient (Wildman–Crippen LogP) is 5.78. The van der Waals surface area contributed by atoms with Crippen LogP contribution in [0.1, 0.15) is 34.3 Å². The van der Waals surface area contributed by atoms with Gasteiger partial charge in [0.2, 0.25) is 0 Å². The molecular weight excluding hydrogens is 490 g/mol. The molecular formula is C30H28ClNO5. The number of halogens is 1. The van der Waals surface area contributed by atoms with Gasteiger partial charge in [-0.25, -0.2) is 9.59 Å². The number of ether oxygens (including phenoxy) is 3. The summed E-state index contributed by atoms with van der Waals surface area (Å²) >= 11 is 5.96. The summed E-state index contributed by atoms with van der Waals surface area (Å²) in [4.78, 5) is 27.9. The fourth-order valence-corrected chi connectivity index (χ4v) is 6.06. The molecule has 0 aromatic heterocycles. The van der Waals surface area contributed by atoms with Gasteiger partial charge in [0.25, 0.3) is 0 Å². The van der Waals surface area contributed by atoms with E-state index in [1.807, 2.05) is 31.2 Å². The van der Waals surface area contributed by atoms with Gasteiger partial charge in [-0.15, -0.1) is 0 Å². The molecule has 1 amide bonds. The molecule has 2 aliphatic heterocycles. The second-order valence-electron chi connectivity index (χ2n) is 10.2. The first-order valence-electron chi connectivity index (χ1n) is 12.6. The number of carbonyl (C=O) groups excluding carboxylic acids is 2. The van der Waals surface area contributed by atoms with Crippen LogP contribution in [-0.2, 0) is 14.2 Å². The van der Waals surface area contributed by atoms with Crippen LogP contribution in [0.15, 0.2) is 72.8 Å². The predicted molar refractivity (Wildman–Crippen MR) is 140 cm³/mol. The van der Waals surface area contributed by atoms with Crippen LogP contribution in [0.5, 0.6) is 0 Å². The van der Waals surface area contributed by atoms with Crippen molar-refractivity contribution >= 4 is 23.7 Å². The molecule has 0 saturated carbocycles. The summed E-state index contributed by atoms with van der Waals surface area (Å²) in [5.74, 6) is -0.700. The minimum Gasteiger partial charge on any atom is -0.455 e. The average Bonchev–Trinajstić information content (AvgIpc) is 3.21. The van der Waals surface area contributed by atoms with E-state index in [0.29, 0.717) is 36.9 Å². The van der Waals surface area contributed by atoms with Crippen molar-refractivity contribution in [3.8, 4) is 11.1 Å². The van der Waals surface area contributed by atoms with Crippen LogP contribution in [-0.4, -0.2) is 55.5 Å². The number of carbonyl (C=O) groups is 2. The second-order valence-corrected chi connectivity index (χ2v) is 10.7. The third-order valence-corrected chi connectivity index (χ3v) is 8.38. The number of piperidine rings is 1. The molecule has 6 rings (SSSR count). The Labute approximate surface area is 221 Å². The zero-order chi connectivity index (χ0) is 25.6. The number of hydrogen-bond acceptors (Lipinski definition) is 5. The molecule has 3 aromatic rings. The fraction of sp³-hybridized carbons (Fsp3) is 0.333. The maximum Gasteiger partial charge on any atom is 0.409 e. The monoisotopic (exact) mass is 517 g/mol. The highest BCUT2D eigenvalue weighted by Gasteiger charge is 2.53. The van der Waals surface area contributed by atoms with Crippen molar-refractivity contribution in [2.75, 3.05) is 32.9 Å². The average molecular weight is 518 g/mol. The summed E-state index contributed by atoms with van der Waals surface area (Å²) in [6, 6.07) is 23.2. The molecule has 6 nitrogen and oxygen atoms in total. The maximum absolute atomic E-state index is 13.2. The van der Waals surface area contributed by atoms with E-state index >= 15 is 0 Å². The van der Waals surface area contributed by atoms with Crippen LogP contribution < -0.4 is 0 Å². The van der Waals surface area contributed by atoms with Gasteiger partial charge < -0.3 is 19.1 Å². The van der Waals surface area contributed by atoms with Crippen molar-refractivity contribution in [3.05, 3.63) is 94.5 Å². The number of amides is 1. The topological polar surface area (TPSA) is 65.1 Å². The Hall–Kier alpha value is -3.35. The molecule has 2 saturated heterocycles. The van der Waals surface area contributed by atoms with Gasteiger partial charge in [-0.3, -0.25) is 0 Å². The summed E-state index contributed by atoms with van der Waals surface area (Å²) in [5.41, 5.74) is 4.46. The lowest BCUT2D eigenvalue weighted by atomic mass is 9.73. The first kappa shape index (κ1) is 24.0.